The Bertz CT molecular complexity index is 371. The molecular formula is C16H31N3O2. The number of carbonyl (C=O) groups is 1. The molecule has 2 rings (SSSR count). The molecule has 0 bridgehead atoms. The van der Waals surface area contributed by atoms with E-state index in [9.17, 15) is 4.79 Å². The predicted molar refractivity (Wildman–Crippen MR) is 84.0 cm³/mol. The number of primary amides is 1. The van der Waals surface area contributed by atoms with E-state index in [1.54, 1.807) is 0 Å². The van der Waals surface area contributed by atoms with Gasteiger partial charge in [-0.1, -0.05) is 6.92 Å². The summed E-state index contributed by atoms with van der Waals surface area (Å²) in [6, 6.07) is 0.629. The summed E-state index contributed by atoms with van der Waals surface area (Å²) >= 11 is 0. The third-order valence-electron chi connectivity index (χ3n) is 4.77. The molecule has 1 heterocycles. The highest BCUT2D eigenvalue weighted by molar-refractivity contribution is 5.86. The van der Waals surface area contributed by atoms with Crippen molar-refractivity contribution >= 4 is 5.91 Å². The van der Waals surface area contributed by atoms with Crippen molar-refractivity contribution in [1.82, 2.24) is 10.2 Å². The van der Waals surface area contributed by atoms with Crippen molar-refractivity contribution < 1.29 is 9.53 Å². The van der Waals surface area contributed by atoms with Gasteiger partial charge in [0.2, 0.25) is 5.91 Å². The first-order valence-electron chi connectivity index (χ1n) is 8.32. The van der Waals surface area contributed by atoms with Crippen LogP contribution in [0.3, 0.4) is 0 Å². The summed E-state index contributed by atoms with van der Waals surface area (Å²) < 4.78 is 5.77. The van der Waals surface area contributed by atoms with E-state index in [-0.39, 0.29) is 18.1 Å². The molecule has 2 fully saturated rings. The van der Waals surface area contributed by atoms with E-state index in [1.165, 1.54) is 0 Å². The van der Waals surface area contributed by atoms with Crippen LogP contribution in [-0.2, 0) is 9.53 Å². The Labute approximate surface area is 128 Å². The lowest BCUT2D eigenvalue weighted by Gasteiger charge is -2.44. The number of ether oxygens (including phenoxy) is 1. The van der Waals surface area contributed by atoms with Crippen molar-refractivity contribution in [2.75, 3.05) is 19.7 Å². The van der Waals surface area contributed by atoms with Crippen molar-refractivity contribution in [3.05, 3.63) is 0 Å². The van der Waals surface area contributed by atoms with Gasteiger partial charge in [0.1, 0.15) is 5.54 Å². The largest absolute Gasteiger partial charge is 0.376 e. The second-order valence-corrected chi connectivity index (χ2v) is 7.04. The predicted octanol–water partition coefficient (Wildman–Crippen LogP) is 1.12. The number of nitrogens with two attached hydrogens (primary N) is 1. The Morgan fingerprint density at radius 1 is 1.48 bits per heavy atom. The molecule has 3 atom stereocenters. The standard InChI is InChI=1S/C16H31N3O2/c1-5-14-9-21-12(4)8-19(14)10-16(15(17)20,13-6-7-13)18-11(2)3/h11-14,18H,5-10H2,1-4H3,(H2,17,20). The van der Waals surface area contributed by atoms with Crippen molar-refractivity contribution in [3.63, 3.8) is 0 Å². The van der Waals surface area contributed by atoms with Crippen LogP contribution < -0.4 is 11.1 Å². The molecule has 0 aromatic carbocycles. The van der Waals surface area contributed by atoms with Crippen LogP contribution in [0.1, 0.15) is 47.0 Å². The van der Waals surface area contributed by atoms with Crippen LogP contribution in [0.5, 0.6) is 0 Å². The third-order valence-corrected chi connectivity index (χ3v) is 4.77. The molecule has 21 heavy (non-hydrogen) atoms. The van der Waals surface area contributed by atoms with Crippen LogP contribution in [0.25, 0.3) is 0 Å². The molecule has 1 aliphatic carbocycles. The minimum absolute atomic E-state index is 0.201. The van der Waals surface area contributed by atoms with Crippen molar-refractivity contribution in [1.29, 1.82) is 0 Å². The fraction of sp³-hybridized carbons (Fsp3) is 0.938. The second kappa shape index (κ2) is 6.63. The number of rotatable bonds is 7. The Balaban J connectivity index is 2.18. The first-order chi connectivity index (χ1) is 9.89. The number of nitrogens with one attached hydrogen (secondary N) is 1. The van der Waals surface area contributed by atoms with E-state index in [4.69, 9.17) is 10.5 Å². The van der Waals surface area contributed by atoms with Gasteiger partial charge in [0.25, 0.3) is 0 Å². The maximum absolute atomic E-state index is 12.3. The molecule has 1 amide bonds. The topological polar surface area (TPSA) is 67.6 Å². The Hall–Kier alpha value is -0.650. The lowest BCUT2D eigenvalue weighted by atomic mass is 9.89. The minimum atomic E-state index is -0.585. The van der Waals surface area contributed by atoms with Gasteiger partial charge in [0.05, 0.1) is 12.7 Å². The van der Waals surface area contributed by atoms with Crippen molar-refractivity contribution in [3.8, 4) is 0 Å². The maximum atomic E-state index is 12.3. The molecule has 1 saturated heterocycles. The first kappa shape index (κ1) is 16.7. The van der Waals surface area contributed by atoms with Gasteiger partial charge in [-0.05, 0) is 46.0 Å². The van der Waals surface area contributed by atoms with Crippen LogP contribution in [0.4, 0.5) is 0 Å². The van der Waals surface area contributed by atoms with Gasteiger partial charge < -0.3 is 10.5 Å². The highest BCUT2D eigenvalue weighted by Gasteiger charge is 2.51. The summed E-state index contributed by atoms with van der Waals surface area (Å²) in [6.45, 7) is 10.8. The van der Waals surface area contributed by atoms with Crippen LogP contribution in [-0.4, -0.2) is 54.2 Å². The molecule has 1 aliphatic heterocycles. The fourth-order valence-electron chi connectivity index (χ4n) is 3.54. The quantitative estimate of drug-likeness (QED) is 0.739. The zero-order valence-corrected chi connectivity index (χ0v) is 13.9. The molecule has 3 N–H and O–H groups in total. The molecule has 0 aromatic rings. The zero-order valence-electron chi connectivity index (χ0n) is 13.9. The number of morpholine rings is 1. The molecule has 5 nitrogen and oxygen atoms in total. The van der Waals surface area contributed by atoms with Crippen molar-refractivity contribution in [2.45, 2.75) is 70.7 Å². The van der Waals surface area contributed by atoms with E-state index in [2.05, 4.69) is 37.9 Å². The van der Waals surface area contributed by atoms with Gasteiger partial charge in [-0.15, -0.1) is 0 Å². The Morgan fingerprint density at radius 2 is 2.14 bits per heavy atom. The summed E-state index contributed by atoms with van der Waals surface area (Å²) in [6.07, 6.45) is 3.45. The normalized spacial score (nSPS) is 30.3. The molecule has 122 valence electrons. The Morgan fingerprint density at radius 3 is 2.62 bits per heavy atom. The van der Waals surface area contributed by atoms with E-state index in [0.29, 0.717) is 18.5 Å². The van der Waals surface area contributed by atoms with E-state index >= 15 is 0 Å². The van der Waals surface area contributed by atoms with Gasteiger partial charge in [0.15, 0.2) is 0 Å². The Kier molecular flexibility index (Phi) is 5.28. The fourth-order valence-corrected chi connectivity index (χ4v) is 3.54. The summed E-state index contributed by atoms with van der Waals surface area (Å²) in [5.74, 6) is 0.181. The van der Waals surface area contributed by atoms with Gasteiger partial charge >= 0.3 is 0 Å². The SMILES string of the molecule is CCC1COC(C)CN1CC(NC(C)C)(C(N)=O)C1CC1. The van der Waals surface area contributed by atoms with E-state index < -0.39 is 5.54 Å². The zero-order chi connectivity index (χ0) is 15.6. The number of nitrogens with zero attached hydrogens (tertiary/aromatic N) is 1. The van der Waals surface area contributed by atoms with Gasteiger partial charge in [-0.3, -0.25) is 15.0 Å². The van der Waals surface area contributed by atoms with Crippen LogP contribution >= 0.6 is 0 Å². The minimum Gasteiger partial charge on any atom is -0.376 e. The van der Waals surface area contributed by atoms with E-state index in [0.717, 1.165) is 32.4 Å². The second-order valence-electron chi connectivity index (χ2n) is 7.04. The highest BCUT2D eigenvalue weighted by atomic mass is 16.5. The molecular weight excluding hydrogens is 266 g/mol. The molecule has 1 saturated carbocycles. The van der Waals surface area contributed by atoms with E-state index in [1.807, 2.05) is 0 Å². The molecule has 3 unspecified atom stereocenters. The molecule has 2 aliphatic rings. The van der Waals surface area contributed by atoms with Gasteiger partial charge in [0, 0.05) is 25.2 Å². The average Bonchev–Trinajstić information content (AvgIpc) is 3.21. The monoisotopic (exact) mass is 297 g/mol. The number of carbonyl (C=O) groups excluding carboxylic acids is 1. The smallest absolute Gasteiger partial charge is 0.239 e. The summed E-state index contributed by atoms with van der Waals surface area (Å²) in [5, 5.41) is 3.50. The summed E-state index contributed by atoms with van der Waals surface area (Å²) in [7, 11) is 0. The molecule has 0 radical (unpaired) electrons. The molecule has 5 heteroatoms. The van der Waals surface area contributed by atoms with Crippen LogP contribution in [0.15, 0.2) is 0 Å². The summed E-state index contributed by atoms with van der Waals surface area (Å²) in [5.41, 5.74) is 5.26. The first-order valence-corrected chi connectivity index (χ1v) is 8.32. The lowest BCUT2D eigenvalue weighted by Crippen LogP contribution is -2.67. The van der Waals surface area contributed by atoms with Gasteiger partial charge in [-0.25, -0.2) is 0 Å². The van der Waals surface area contributed by atoms with Crippen molar-refractivity contribution in [2.24, 2.45) is 11.7 Å². The number of amides is 1. The third kappa shape index (κ3) is 3.76. The highest BCUT2D eigenvalue weighted by Crippen LogP contribution is 2.41. The van der Waals surface area contributed by atoms with Gasteiger partial charge in [-0.2, -0.15) is 0 Å². The summed E-state index contributed by atoms with van der Waals surface area (Å²) in [4.78, 5) is 14.7. The molecule has 0 aromatic heterocycles. The number of hydrogen-bond acceptors (Lipinski definition) is 4. The average molecular weight is 297 g/mol. The lowest BCUT2D eigenvalue weighted by molar-refractivity contribution is -0.129. The number of hydrogen-bond donors (Lipinski definition) is 2. The molecule has 0 spiro atoms. The van der Waals surface area contributed by atoms with Crippen LogP contribution in [0.2, 0.25) is 0 Å². The van der Waals surface area contributed by atoms with Crippen LogP contribution in [0, 0.1) is 5.92 Å². The maximum Gasteiger partial charge on any atom is 0.239 e.